The highest BCUT2D eigenvalue weighted by Crippen LogP contribution is 2.26. The molecule has 0 N–H and O–H groups in total. The molecule has 3 heterocycles. The van der Waals surface area contributed by atoms with Gasteiger partial charge in [-0.05, 0) is 43.3 Å². The Kier molecular flexibility index (Phi) is 8.70. The third kappa shape index (κ3) is 6.47. The number of piperazine rings is 2. The average Bonchev–Trinajstić information content (AvgIpc) is 2.96. The molecule has 12 heteroatoms. The average molecular weight is 587 g/mol. The first-order valence-corrected chi connectivity index (χ1v) is 14.4. The number of amides is 2. The van der Waals surface area contributed by atoms with Crippen LogP contribution in [-0.4, -0.2) is 89.2 Å². The van der Waals surface area contributed by atoms with Gasteiger partial charge in [0.25, 0.3) is 5.91 Å². The topological polar surface area (TPSA) is 72.9 Å². The van der Waals surface area contributed by atoms with E-state index in [1.165, 1.54) is 42.1 Å². The number of nitrogens with zero attached hydrogens (tertiary/aromatic N) is 6. The number of anilines is 2. The summed E-state index contributed by atoms with van der Waals surface area (Å²) in [5.74, 6) is -0.0262. The Labute approximate surface area is 240 Å². The summed E-state index contributed by atoms with van der Waals surface area (Å²) in [4.78, 5) is 42.3. The highest BCUT2D eigenvalue weighted by atomic mass is 35.5. The Balaban J connectivity index is 1.15. The summed E-state index contributed by atoms with van der Waals surface area (Å²) in [6, 6.07) is 13.8. The molecular weight excluding hydrogens is 558 g/mol. The molecule has 3 aromatic rings. The molecular formula is C28H29ClF2N6O2S. The van der Waals surface area contributed by atoms with Gasteiger partial charge in [0, 0.05) is 63.5 Å². The molecule has 0 aliphatic carbocycles. The van der Waals surface area contributed by atoms with Crippen molar-refractivity contribution < 1.29 is 18.4 Å². The zero-order valence-electron chi connectivity index (χ0n) is 22.0. The molecule has 2 amide bonds. The number of benzene rings is 2. The number of thioether (sulfide) groups is 1. The lowest BCUT2D eigenvalue weighted by Gasteiger charge is -2.40. The Morgan fingerprint density at radius 1 is 0.950 bits per heavy atom. The van der Waals surface area contributed by atoms with Gasteiger partial charge in [-0.1, -0.05) is 35.5 Å². The van der Waals surface area contributed by atoms with Gasteiger partial charge in [0.2, 0.25) is 5.91 Å². The molecule has 0 bridgehead atoms. The SMILES string of the molecule is CC1CN(c2cc(Cl)nc(SCC(=O)N3CCN(c4ccccc4F)CC3)n2)CCN1C(=O)c1ccc(F)cc1. The fourth-order valence-corrected chi connectivity index (χ4v) is 5.94. The van der Waals surface area contributed by atoms with Gasteiger partial charge in [0.05, 0.1) is 11.4 Å². The number of rotatable bonds is 6. The standard InChI is InChI=1S/C28H29ClF2N6O2S/c1-19-17-36(14-15-37(19)27(39)20-6-8-21(30)9-7-20)25-16-24(29)32-28(33-25)40-18-26(38)35-12-10-34(11-13-35)23-5-3-2-4-22(23)31/h2-9,16,19H,10-15,17-18H2,1H3. The summed E-state index contributed by atoms with van der Waals surface area (Å²) in [5, 5.41) is 0.675. The van der Waals surface area contributed by atoms with Crippen LogP contribution in [0.4, 0.5) is 20.3 Å². The molecule has 0 spiro atoms. The monoisotopic (exact) mass is 586 g/mol. The molecule has 1 atom stereocenters. The van der Waals surface area contributed by atoms with Crippen LogP contribution >= 0.6 is 23.4 Å². The lowest BCUT2D eigenvalue weighted by Crippen LogP contribution is -2.54. The van der Waals surface area contributed by atoms with Crippen molar-refractivity contribution in [3.63, 3.8) is 0 Å². The van der Waals surface area contributed by atoms with Gasteiger partial charge in [0.15, 0.2) is 5.16 Å². The maximum atomic E-state index is 14.1. The Morgan fingerprint density at radius 3 is 2.35 bits per heavy atom. The van der Waals surface area contributed by atoms with Gasteiger partial charge >= 0.3 is 0 Å². The van der Waals surface area contributed by atoms with Gasteiger partial charge in [-0.25, -0.2) is 18.7 Å². The van der Waals surface area contributed by atoms with Crippen molar-refractivity contribution in [1.29, 1.82) is 0 Å². The first-order valence-electron chi connectivity index (χ1n) is 13.0. The molecule has 2 aliphatic rings. The summed E-state index contributed by atoms with van der Waals surface area (Å²) in [6.07, 6.45) is 0. The van der Waals surface area contributed by atoms with Gasteiger partial charge in [-0.2, -0.15) is 0 Å². The van der Waals surface area contributed by atoms with E-state index in [4.69, 9.17) is 11.6 Å². The predicted octanol–water partition coefficient (Wildman–Crippen LogP) is 4.20. The van der Waals surface area contributed by atoms with Crippen molar-refractivity contribution in [2.24, 2.45) is 0 Å². The number of hydrogen-bond acceptors (Lipinski definition) is 7. The Hall–Kier alpha value is -3.44. The van der Waals surface area contributed by atoms with Gasteiger partial charge in [-0.3, -0.25) is 9.59 Å². The van der Waals surface area contributed by atoms with Gasteiger partial charge in [-0.15, -0.1) is 0 Å². The molecule has 5 rings (SSSR count). The number of halogens is 3. The van der Waals surface area contributed by atoms with E-state index in [1.807, 2.05) is 16.7 Å². The number of carbonyl (C=O) groups is 2. The molecule has 8 nitrogen and oxygen atoms in total. The van der Waals surface area contributed by atoms with E-state index in [0.717, 1.165) is 0 Å². The summed E-state index contributed by atoms with van der Waals surface area (Å²) in [6.45, 7) is 5.64. The molecule has 1 unspecified atom stereocenters. The van der Waals surface area contributed by atoms with E-state index in [-0.39, 0.29) is 40.4 Å². The zero-order valence-corrected chi connectivity index (χ0v) is 23.5. The lowest BCUT2D eigenvalue weighted by molar-refractivity contribution is -0.128. The molecule has 2 fully saturated rings. The third-order valence-corrected chi connectivity index (χ3v) is 8.14. The second-order valence-electron chi connectivity index (χ2n) is 9.74. The van der Waals surface area contributed by atoms with Crippen LogP contribution in [0.25, 0.3) is 0 Å². The lowest BCUT2D eigenvalue weighted by atomic mass is 10.1. The second-order valence-corrected chi connectivity index (χ2v) is 11.1. The maximum Gasteiger partial charge on any atom is 0.254 e. The number of para-hydroxylation sites is 1. The summed E-state index contributed by atoms with van der Waals surface area (Å²) in [7, 11) is 0. The summed E-state index contributed by atoms with van der Waals surface area (Å²) < 4.78 is 27.4. The quantitative estimate of drug-likeness (QED) is 0.244. The smallest absolute Gasteiger partial charge is 0.254 e. The van der Waals surface area contributed by atoms with Crippen molar-refractivity contribution in [3.8, 4) is 0 Å². The van der Waals surface area contributed by atoms with Crippen molar-refractivity contribution in [2.45, 2.75) is 18.1 Å². The van der Waals surface area contributed by atoms with Crippen LogP contribution in [0.15, 0.2) is 59.8 Å². The Morgan fingerprint density at radius 2 is 1.65 bits per heavy atom. The second kappa shape index (κ2) is 12.4. The molecule has 2 saturated heterocycles. The van der Waals surface area contributed by atoms with E-state index in [2.05, 4.69) is 9.97 Å². The van der Waals surface area contributed by atoms with Crippen molar-refractivity contribution >= 4 is 46.7 Å². The van der Waals surface area contributed by atoms with E-state index < -0.39 is 0 Å². The fraction of sp³-hybridized carbons (Fsp3) is 0.357. The highest BCUT2D eigenvalue weighted by molar-refractivity contribution is 7.99. The van der Waals surface area contributed by atoms with Crippen LogP contribution in [0.1, 0.15) is 17.3 Å². The first-order chi connectivity index (χ1) is 19.3. The van der Waals surface area contributed by atoms with Crippen LogP contribution in [-0.2, 0) is 4.79 Å². The van der Waals surface area contributed by atoms with E-state index >= 15 is 0 Å². The zero-order chi connectivity index (χ0) is 28.2. The van der Waals surface area contributed by atoms with Crippen LogP contribution < -0.4 is 9.80 Å². The molecule has 2 aliphatic heterocycles. The number of carbonyl (C=O) groups excluding carboxylic acids is 2. The minimum absolute atomic E-state index is 0.0372. The van der Waals surface area contributed by atoms with E-state index in [9.17, 15) is 18.4 Å². The minimum Gasteiger partial charge on any atom is -0.366 e. The van der Waals surface area contributed by atoms with Crippen molar-refractivity contribution in [2.75, 3.05) is 61.4 Å². The molecule has 1 aromatic heterocycles. The molecule has 2 aromatic carbocycles. The molecule has 210 valence electrons. The third-order valence-electron chi connectivity index (χ3n) is 7.11. The van der Waals surface area contributed by atoms with Gasteiger partial charge in [0.1, 0.15) is 22.6 Å². The highest BCUT2D eigenvalue weighted by Gasteiger charge is 2.29. The van der Waals surface area contributed by atoms with Crippen LogP contribution in [0, 0.1) is 11.6 Å². The minimum atomic E-state index is -0.382. The van der Waals surface area contributed by atoms with E-state index in [0.29, 0.717) is 68.0 Å². The van der Waals surface area contributed by atoms with Crippen LogP contribution in [0.5, 0.6) is 0 Å². The number of hydrogen-bond donors (Lipinski definition) is 0. The van der Waals surface area contributed by atoms with Crippen LogP contribution in [0.3, 0.4) is 0 Å². The van der Waals surface area contributed by atoms with Crippen LogP contribution in [0.2, 0.25) is 5.15 Å². The predicted molar refractivity (Wildman–Crippen MR) is 152 cm³/mol. The largest absolute Gasteiger partial charge is 0.366 e. The number of aromatic nitrogens is 2. The first kappa shape index (κ1) is 28.1. The maximum absolute atomic E-state index is 14.1. The summed E-state index contributed by atoms with van der Waals surface area (Å²) >= 11 is 7.54. The molecule has 0 radical (unpaired) electrons. The normalized spacial score (nSPS) is 17.8. The Bertz CT molecular complexity index is 1370. The molecule has 40 heavy (non-hydrogen) atoms. The molecule has 0 saturated carbocycles. The van der Waals surface area contributed by atoms with E-state index in [1.54, 1.807) is 34.1 Å². The summed E-state index contributed by atoms with van der Waals surface area (Å²) in [5.41, 5.74) is 1.00. The van der Waals surface area contributed by atoms with Crippen molar-refractivity contribution in [1.82, 2.24) is 19.8 Å². The fourth-order valence-electron chi connectivity index (χ4n) is 4.96. The van der Waals surface area contributed by atoms with Gasteiger partial charge < -0.3 is 19.6 Å². The van der Waals surface area contributed by atoms with Crippen molar-refractivity contribution in [3.05, 3.63) is 76.9 Å².